The third-order valence-corrected chi connectivity index (χ3v) is 3.69. The fourth-order valence-corrected chi connectivity index (χ4v) is 2.65. The average molecular weight is 279 g/mol. The maximum absolute atomic E-state index is 14.0. The Morgan fingerprint density at radius 2 is 2.20 bits per heavy atom. The second kappa shape index (κ2) is 6.03. The highest BCUT2D eigenvalue weighted by molar-refractivity contribution is 5.94. The zero-order valence-corrected chi connectivity index (χ0v) is 11.4. The number of aliphatic carboxylic acids is 1. The van der Waals surface area contributed by atoms with Crippen molar-refractivity contribution in [1.82, 2.24) is 4.90 Å². The third-order valence-electron chi connectivity index (χ3n) is 3.69. The molecule has 0 aromatic heterocycles. The number of piperidine rings is 1. The molecule has 0 saturated carbocycles. The fraction of sp³-hybridized carbons (Fsp3) is 0.467. The minimum Gasteiger partial charge on any atom is -0.481 e. The van der Waals surface area contributed by atoms with Crippen LogP contribution in [-0.4, -0.2) is 35.0 Å². The number of rotatable bonds is 3. The lowest BCUT2D eigenvalue weighted by Gasteiger charge is -2.32. The number of aryl methyl sites for hydroxylation is 1. The van der Waals surface area contributed by atoms with Crippen LogP contribution in [0.4, 0.5) is 4.39 Å². The number of hydrogen-bond donors (Lipinski definition) is 1. The number of carboxylic acids is 1. The Bertz CT molecular complexity index is 530. The van der Waals surface area contributed by atoms with Gasteiger partial charge >= 0.3 is 5.97 Å². The number of carboxylic acid groups (broad SMARTS) is 1. The van der Waals surface area contributed by atoms with E-state index >= 15 is 0 Å². The first kappa shape index (κ1) is 14.5. The maximum atomic E-state index is 14.0. The predicted molar refractivity (Wildman–Crippen MR) is 72.0 cm³/mol. The first-order chi connectivity index (χ1) is 9.49. The predicted octanol–water partition coefficient (Wildman–Crippen LogP) is 2.46. The van der Waals surface area contributed by atoms with Gasteiger partial charge in [0.25, 0.3) is 5.91 Å². The Kier molecular flexibility index (Phi) is 4.37. The molecule has 0 radical (unpaired) electrons. The van der Waals surface area contributed by atoms with Gasteiger partial charge in [0.2, 0.25) is 0 Å². The molecule has 1 aromatic rings. The molecule has 1 aliphatic rings. The van der Waals surface area contributed by atoms with E-state index in [1.165, 1.54) is 6.07 Å². The van der Waals surface area contributed by atoms with Crippen molar-refractivity contribution in [3.63, 3.8) is 0 Å². The van der Waals surface area contributed by atoms with Crippen molar-refractivity contribution in [2.24, 2.45) is 5.92 Å². The molecule has 1 atom stereocenters. The molecule has 0 aliphatic carbocycles. The van der Waals surface area contributed by atoms with Crippen molar-refractivity contribution in [3.8, 4) is 0 Å². The third kappa shape index (κ3) is 3.15. The van der Waals surface area contributed by atoms with Gasteiger partial charge in [-0.25, -0.2) is 4.39 Å². The van der Waals surface area contributed by atoms with E-state index in [1.54, 1.807) is 24.0 Å². The van der Waals surface area contributed by atoms with Gasteiger partial charge < -0.3 is 10.0 Å². The molecule has 1 aliphatic heterocycles. The van der Waals surface area contributed by atoms with Crippen LogP contribution < -0.4 is 0 Å². The van der Waals surface area contributed by atoms with E-state index in [1.807, 2.05) is 0 Å². The number of nitrogens with zero attached hydrogens (tertiary/aromatic N) is 1. The van der Waals surface area contributed by atoms with Crippen LogP contribution >= 0.6 is 0 Å². The molecule has 2 rings (SSSR count). The Labute approximate surface area is 117 Å². The Morgan fingerprint density at radius 1 is 1.45 bits per heavy atom. The molecule has 1 amide bonds. The van der Waals surface area contributed by atoms with E-state index in [0.29, 0.717) is 18.7 Å². The highest BCUT2D eigenvalue weighted by Gasteiger charge is 2.27. The summed E-state index contributed by atoms with van der Waals surface area (Å²) in [5.41, 5.74) is 0.510. The van der Waals surface area contributed by atoms with E-state index in [-0.39, 0.29) is 23.8 Å². The lowest BCUT2D eigenvalue weighted by Crippen LogP contribution is -2.40. The van der Waals surface area contributed by atoms with Gasteiger partial charge in [-0.2, -0.15) is 0 Å². The van der Waals surface area contributed by atoms with Gasteiger partial charge in [0.15, 0.2) is 0 Å². The molecule has 108 valence electrons. The van der Waals surface area contributed by atoms with Crippen LogP contribution in [0.2, 0.25) is 0 Å². The summed E-state index contributed by atoms with van der Waals surface area (Å²) in [4.78, 5) is 24.7. The lowest BCUT2D eigenvalue weighted by molar-refractivity contribution is -0.138. The molecule has 0 bridgehead atoms. The molecule has 0 spiro atoms. The number of hydrogen-bond acceptors (Lipinski definition) is 2. The number of amides is 1. The largest absolute Gasteiger partial charge is 0.481 e. The summed E-state index contributed by atoms with van der Waals surface area (Å²) in [7, 11) is 0. The summed E-state index contributed by atoms with van der Waals surface area (Å²) in [6.07, 6.45) is 1.61. The fourth-order valence-electron chi connectivity index (χ4n) is 2.65. The molecule has 1 N–H and O–H groups in total. The standard InChI is InChI=1S/C15H18FNO3/c1-10-4-2-6-12(14(10)16)15(20)17-7-3-5-11(9-17)8-13(18)19/h2,4,6,11H,3,5,7-9H2,1H3,(H,18,19). The number of benzene rings is 1. The van der Waals surface area contributed by atoms with Gasteiger partial charge in [-0.05, 0) is 37.3 Å². The minimum atomic E-state index is -0.856. The SMILES string of the molecule is Cc1cccc(C(=O)N2CCCC(CC(=O)O)C2)c1F. The molecular weight excluding hydrogens is 261 g/mol. The zero-order chi connectivity index (χ0) is 14.7. The van der Waals surface area contributed by atoms with E-state index in [4.69, 9.17) is 5.11 Å². The van der Waals surface area contributed by atoms with Crippen LogP contribution in [0.3, 0.4) is 0 Å². The Balaban J connectivity index is 2.12. The van der Waals surface area contributed by atoms with Crippen molar-refractivity contribution in [2.45, 2.75) is 26.2 Å². The molecule has 1 aromatic carbocycles. The second-order valence-electron chi connectivity index (χ2n) is 5.29. The van der Waals surface area contributed by atoms with Gasteiger partial charge in [0.1, 0.15) is 5.82 Å². The summed E-state index contributed by atoms with van der Waals surface area (Å²) in [6, 6.07) is 4.76. The van der Waals surface area contributed by atoms with Crippen LogP contribution in [0.5, 0.6) is 0 Å². The zero-order valence-electron chi connectivity index (χ0n) is 11.4. The van der Waals surface area contributed by atoms with Crippen LogP contribution in [-0.2, 0) is 4.79 Å². The first-order valence-corrected chi connectivity index (χ1v) is 6.75. The van der Waals surface area contributed by atoms with Crippen LogP contribution in [0, 0.1) is 18.7 Å². The number of likely N-dealkylation sites (tertiary alicyclic amines) is 1. The summed E-state index contributed by atoms with van der Waals surface area (Å²) < 4.78 is 14.0. The quantitative estimate of drug-likeness (QED) is 0.924. The Hall–Kier alpha value is -1.91. The summed E-state index contributed by atoms with van der Waals surface area (Å²) >= 11 is 0. The monoisotopic (exact) mass is 279 g/mol. The summed E-state index contributed by atoms with van der Waals surface area (Å²) in [6.45, 7) is 2.57. The van der Waals surface area contributed by atoms with Crippen LogP contribution in [0.1, 0.15) is 35.2 Å². The molecule has 5 heteroatoms. The maximum Gasteiger partial charge on any atom is 0.303 e. The van der Waals surface area contributed by atoms with Gasteiger partial charge in [-0.3, -0.25) is 9.59 Å². The number of halogens is 1. The second-order valence-corrected chi connectivity index (χ2v) is 5.29. The van der Waals surface area contributed by atoms with Crippen LogP contribution in [0.15, 0.2) is 18.2 Å². The van der Waals surface area contributed by atoms with Crippen molar-refractivity contribution in [2.75, 3.05) is 13.1 Å². The van der Waals surface area contributed by atoms with Gasteiger partial charge in [-0.15, -0.1) is 0 Å². The number of carbonyl (C=O) groups excluding carboxylic acids is 1. The van der Waals surface area contributed by atoms with Crippen LogP contribution in [0.25, 0.3) is 0 Å². The van der Waals surface area contributed by atoms with Crippen molar-refractivity contribution < 1.29 is 19.1 Å². The van der Waals surface area contributed by atoms with Gasteiger partial charge in [0.05, 0.1) is 5.56 Å². The van der Waals surface area contributed by atoms with Crippen molar-refractivity contribution >= 4 is 11.9 Å². The van der Waals surface area contributed by atoms with Crippen molar-refractivity contribution in [3.05, 3.63) is 35.1 Å². The average Bonchev–Trinajstić information content (AvgIpc) is 2.41. The topological polar surface area (TPSA) is 57.6 Å². The minimum absolute atomic E-state index is 0.0435. The summed E-state index contributed by atoms with van der Waals surface area (Å²) in [5.74, 6) is -1.73. The molecule has 1 saturated heterocycles. The van der Waals surface area contributed by atoms with E-state index in [0.717, 1.165) is 12.8 Å². The number of carbonyl (C=O) groups is 2. The van der Waals surface area contributed by atoms with E-state index < -0.39 is 11.8 Å². The van der Waals surface area contributed by atoms with Gasteiger partial charge in [-0.1, -0.05) is 12.1 Å². The highest BCUT2D eigenvalue weighted by atomic mass is 19.1. The molecule has 4 nitrogen and oxygen atoms in total. The molecule has 1 heterocycles. The van der Waals surface area contributed by atoms with Gasteiger partial charge in [0, 0.05) is 19.5 Å². The van der Waals surface area contributed by atoms with Crippen molar-refractivity contribution in [1.29, 1.82) is 0 Å². The smallest absolute Gasteiger partial charge is 0.303 e. The van der Waals surface area contributed by atoms with E-state index in [2.05, 4.69) is 0 Å². The molecule has 20 heavy (non-hydrogen) atoms. The molecule has 1 fully saturated rings. The first-order valence-electron chi connectivity index (χ1n) is 6.75. The van der Waals surface area contributed by atoms with E-state index in [9.17, 15) is 14.0 Å². The molecular formula is C15H18FNO3. The molecule has 1 unspecified atom stereocenters. The summed E-state index contributed by atoms with van der Waals surface area (Å²) in [5, 5.41) is 8.82. The normalized spacial score (nSPS) is 18.9. The Morgan fingerprint density at radius 3 is 2.90 bits per heavy atom. The highest BCUT2D eigenvalue weighted by Crippen LogP contribution is 2.22. The lowest BCUT2D eigenvalue weighted by atomic mass is 9.94.